The number of anilines is 1. The smallest absolute Gasteiger partial charge is 0.251 e. The molecule has 0 saturated heterocycles. The summed E-state index contributed by atoms with van der Waals surface area (Å²) in [4.78, 5) is 27.4. The van der Waals surface area contributed by atoms with Crippen molar-refractivity contribution in [2.75, 3.05) is 5.43 Å². The highest BCUT2D eigenvalue weighted by Gasteiger charge is 2.23. The number of hydrogen-bond acceptors (Lipinski definition) is 5. The first kappa shape index (κ1) is 15.9. The number of amides is 2. The van der Waals surface area contributed by atoms with Gasteiger partial charge in [0, 0.05) is 23.2 Å². The molecular weight excluding hydrogens is 258 g/mol. The van der Waals surface area contributed by atoms with Gasteiger partial charge in [0.1, 0.15) is 5.82 Å². The molecule has 0 aliphatic heterocycles. The van der Waals surface area contributed by atoms with E-state index in [1.165, 1.54) is 0 Å². The third kappa shape index (κ3) is 4.51. The number of nitrogens with zero attached hydrogens (tertiary/aromatic N) is 1. The number of nitrogens with two attached hydrogens (primary N) is 2. The summed E-state index contributed by atoms with van der Waals surface area (Å²) in [7, 11) is 0. The molecule has 0 aliphatic carbocycles. The average Bonchev–Trinajstić information content (AvgIpc) is 2.35. The van der Waals surface area contributed by atoms with Gasteiger partial charge in [-0.25, -0.2) is 10.8 Å². The zero-order chi connectivity index (χ0) is 15.3. The van der Waals surface area contributed by atoms with E-state index in [2.05, 4.69) is 15.7 Å². The van der Waals surface area contributed by atoms with Gasteiger partial charge in [0.05, 0.1) is 0 Å². The second-order valence-corrected chi connectivity index (χ2v) is 5.21. The third-order valence-electron chi connectivity index (χ3n) is 2.72. The molecule has 7 heteroatoms. The largest absolute Gasteiger partial charge is 0.370 e. The van der Waals surface area contributed by atoms with Crippen molar-refractivity contribution in [3.63, 3.8) is 0 Å². The summed E-state index contributed by atoms with van der Waals surface area (Å²) in [5.41, 5.74) is 8.05. The van der Waals surface area contributed by atoms with Crippen LogP contribution in [0.2, 0.25) is 0 Å². The standard InChI is InChI=1S/C13H21N5O2/c1-4-9-5-8(6-11(16-9)18-15)12(20)17-13(2,3)7-10(14)19/h5-6H,4,7,15H2,1-3H3,(H2,14,19)(H,16,18)(H,17,20). The van der Waals surface area contributed by atoms with E-state index in [-0.39, 0.29) is 12.3 Å². The number of pyridine rings is 1. The van der Waals surface area contributed by atoms with Gasteiger partial charge >= 0.3 is 0 Å². The number of hydrazine groups is 1. The van der Waals surface area contributed by atoms with Crippen LogP contribution in [-0.4, -0.2) is 22.3 Å². The quantitative estimate of drug-likeness (QED) is 0.441. The fraction of sp³-hybridized carbons (Fsp3) is 0.462. The Balaban J connectivity index is 2.94. The Hall–Kier alpha value is -2.15. The van der Waals surface area contributed by atoms with Crippen LogP contribution in [0.15, 0.2) is 12.1 Å². The summed E-state index contributed by atoms with van der Waals surface area (Å²) in [5.74, 6) is 4.98. The van der Waals surface area contributed by atoms with Gasteiger partial charge in [0.2, 0.25) is 5.91 Å². The van der Waals surface area contributed by atoms with Gasteiger partial charge in [-0.05, 0) is 32.4 Å². The maximum atomic E-state index is 12.2. The number of nitrogen functional groups attached to an aromatic ring is 1. The fourth-order valence-corrected chi connectivity index (χ4v) is 1.83. The van der Waals surface area contributed by atoms with Crippen LogP contribution in [0, 0.1) is 0 Å². The van der Waals surface area contributed by atoms with Gasteiger partial charge in [0.15, 0.2) is 0 Å². The SMILES string of the molecule is CCc1cc(C(=O)NC(C)(C)CC(N)=O)cc(NN)n1. The molecule has 1 aromatic rings. The van der Waals surface area contributed by atoms with E-state index in [0.717, 1.165) is 5.69 Å². The number of hydrogen-bond donors (Lipinski definition) is 4. The summed E-state index contributed by atoms with van der Waals surface area (Å²) >= 11 is 0. The van der Waals surface area contributed by atoms with Crippen molar-refractivity contribution in [3.8, 4) is 0 Å². The first-order valence-electron chi connectivity index (χ1n) is 6.36. The third-order valence-corrected chi connectivity index (χ3v) is 2.72. The van der Waals surface area contributed by atoms with E-state index >= 15 is 0 Å². The molecule has 2 amide bonds. The van der Waals surface area contributed by atoms with Crippen LogP contribution in [-0.2, 0) is 11.2 Å². The predicted octanol–water partition coefficient (Wildman–Crippen LogP) is 0.313. The van der Waals surface area contributed by atoms with E-state index < -0.39 is 11.4 Å². The summed E-state index contributed by atoms with van der Waals surface area (Å²) in [5, 5.41) is 2.77. The van der Waals surface area contributed by atoms with Gasteiger partial charge in [-0.3, -0.25) is 9.59 Å². The average molecular weight is 279 g/mol. The number of primary amides is 1. The minimum Gasteiger partial charge on any atom is -0.370 e. The van der Waals surface area contributed by atoms with Crippen molar-refractivity contribution in [2.45, 2.75) is 39.2 Å². The molecule has 0 radical (unpaired) electrons. The monoisotopic (exact) mass is 279 g/mol. The van der Waals surface area contributed by atoms with Gasteiger partial charge in [0.25, 0.3) is 5.91 Å². The zero-order valence-electron chi connectivity index (χ0n) is 12.0. The van der Waals surface area contributed by atoms with Gasteiger partial charge in [-0.2, -0.15) is 0 Å². The Morgan fingerprint density at radius 1 is 1.35 bits per heavy atom. The first-order chi connectivity index (χ1) is 9.27. The van der Waals surface area contributed by atoms with Crippen molar-refractivity contribution < 1.29 is 9.59 Å². The zero-order valence-corrected chi connectivity index (χ0v) is 12.0. The molecule has 0 bridgehead atoms. The van der Waals surface area contributed by atoms with Crippen LogP contribution in [0.3, 0.4) is 0 Å². The van der Waals surface area contributed by atoms with Crippen LogP contribution in [0.4, 0.5) is 5.82 Å². The molecule has 1 heterocycles. The Kier molecular flexibility index (Phi) is 5.04. The van der Waals surface area contributed by atoms with Crippen molar-refractivity contribution in [1.82, 2.24) is 10.3 Å². The summed E-state index contributed by atoms with van der Waals surface area (Å²) < 4.78 is 0. The van der Waals surface area contributed by atoms with E-state index in [1.54, 1.807) is 26.0 Å². The first-order valence-corrected chi connectivity index (χ1v) is 6.36. The molecule has 6 N–H and O–H groups in total. The van der Waals surface area contributed by atoms with Crippen molar-refractivity contribution in [2.24, 2.45) is 11.6 Å². The molecule has 1 rings (SSSR count). The van der Waals surface area contributed by atoms with Crippen LogP contribution >= 0.6 is 0 Å². The molecule has 0 saturated carbocycles. The molecule has 0 aliphatic rings. The lowest BCUT2D eigenvalue weighted by molar-refractivity contribution is -0.119. The van der Waals surface area contributed by atoms with Crippen LogP contribution < -0.4 is 22.3 Å². The van der Waals surface area contributed by atoms with E-state index in [9.17, 15) is 9.59 Å². The van der Waals surface area contributed by atoms with Gasteiger partial charge in [-0.1, -0.05) is 6.92 Å². The molecule has 0 atom stereocenters. The lowest BCUT2D eigenvalue weighted by atomic mass is 9.99. The van der Waals surface area contributed by atoms with E-state index in [4.69, 9.17) is 11.6 Å². The number of aromatic nitrogens is 1. The normalized spacial score (nSPS) is 11.0. The molecule has 0 spiro atoms. The van der Waals surface area contributed by atoms with E-state index in [0.29, 0.717) is 17.8 Å². The highest BCUT2D eigenvalue weighted by Crippen LogP contribution is 2.13. The Morgan fingerprint density at radius 2 is 2.00 bits per heavy atom. The number of rotatable bonds is 6. The summed E-state index contributed by atoms with van der Waals surface area (Å²) in [6.45, 7) is 5.40. The number of nitrogens with one attached hydrogen (secondary N) is 2. The van der Waals surface area contributed by atoms with Crippen LogP contribution in [0.5, 0.6) is 0 Å². The van der Waals surface area contributed by atoms with Gasteiger partial charge in [-0.15, -0.1) is 0 Å². The molecule has 0 unspecified atom stereocenters. The number of carbonyl (C=O) groups is 2. The van der Waals surface area contributed by atoms with Crippen LogP contribution in [0.1, 0.15) is 43.2 Å². The van der Waals surface area contributed by atoms with E-state index in [1.807, 2.05) is 6.92 Å². The van der Waals surface area contributed by atoms with Crippen LogP contribution in [0.25, 0.3) is 0 Å². The summed E-state index contributed by atoms with van der Waals surface area (Å²) in [6.07, 6.45) is 0.743. The van der Waals surface area contributed by atoms with Crippen molar-refractivity contribution in [1.29, 1.82) is 0 Å². The fourth-order valence-electron chi connectivity index (χ4n) is 1.83. The molecule has 110 valence electrons. The molecule has 0 aromatic carbocycles. The number of carbonyl (C=O) groups excluding carboxylic acids is 2. The minimum atomic E-state index is -0.713. The molecule has 20 heavy (non-hydrogen) atoms. The summed E-state index contributed by atoms with van der Waals surface area (Å²) in [6, 6.07) is 3.24. The Morgan fingerprint density at radius 3 is 2.50 bits per heavy atom. The molecule has 0 fully saturated rings. The molecular formula is C13H21N5O2. The molecule has 7 nitrogen and oxygen atoms in total. The second kappa shape index (κ2) is 6.33. The Bertz CT molecular complexity index is 491. The minimum absolute atomic E-state index is 0.0620. The van der Waals surface area contributed by atoms with Crippen molar-refractivity contribution in [3.05, 3.63) is 23.4 Å². The molecule has 1 aromatic heterocycles. The maximum absolute atomic E-state index is 12.2. The predicted molar refractivity (Wildman–Crippen MR) is 76.8 cm³/mol. The number of aryl methyl sites for hydroxylation is 1. The highest BCUT2D eigenvalue weighted by molar-refractivity contribution is 5.95. The Labute approximate surface area is 118 Å². The van der Waals surface area contributed by atoms with Crippen molar-refractivity contribution >= 4 is 17.6 Å². The maximum Gasteiger partial charge on any atom is 0.251 e. The topological polar surface area (TPSA) is 123 Å². The second-order valence-electron chi connectivity index (χ2n) is 5.21. The van der Waals surface area contributed by atoms with Gasteiger partial charge < -0.3 is 16.5 Å². The lowest BCUT2D eigenvalue weighted by Gasteiger charge is -2.25. The lowest BCUT2D eigenvalue weighted by Crippen LogP contribution is -2.46. The highest BCUT2D eigenvalue weighted by atomic mass is 16.2.